The van der Waals surface area contributed by atoms with Gasteiger partial charge in [0, 0.05) is 30.1 Å². The minimum absolute atomic E-state index is 0.0732. The Hall–Kier alpha value is -3.60. The maximum absolute atomic E-state index is 13.8. The average Bonchev–Trinajstić information content (AvgIpc) is 2.75. The molecule has 3 N–H and O–H groups in total. The molecule has 32 heavy (non-hydrogen) atoms. The molecule has 1 fully saturated rings. The van der Waals surface area contributed by atoms with E-state index in [1.165, 1.54) is 21.7 Å². The fraction of sp³-hybridized carbons (Fsp3) is 0.333. The van der Waals surface area contributed by atoms with Crippen molar-refractivity contribution in [1.82, 2.24) is 9.47 Å². The van der Waals surface area contributed by atoms with E-state index in [2.05, 4.69) is 10.1 Å². The Morgan fingerprint density at radius 2 is 2.16 bits per heavy atom. The largest absolute Gasteiger partial charge is 0.503 e. The number of aromatic hydroxyl groups is 1. The lowest BCUT2D eigenvalue weighted by Crippen LogP contribution is -2.57. The van der Waals surface area contributed by atoms with E-state index in [-0.39, 0.29) is 41.7 Å². The van der Waals surface area contributed by atoms with Crippen LogP contribution in [0.15, 0.2) is 39.3 Å². The third kappa shape index (κ3) is 3.75. The molecule has 3 heterocycles. The molecule has 1 saturated heterocycles. The van der Waals surface area contributed by atoms with Gasteiger partial charge >= 0.3 is 0 Å². The van der Waals surface area contributed by atoms with Crippen LogP contribution < -0.4 is 11.3 Å². The number of pyridine rings is 1. The number of hydrogen-bond donors (Lipinski definition) is 2. The van der Waals surface area contributed by atoms with Crippen molar-refractivity contribution < 1.29 is 23.4 Å². The zero-order valence-electron chi connectivity index (χ0n) is 17.2. The molecule has 9 nitrogen and oxygen atoms in total. The summed E-state index contributed by atoms with van der Waals surface area (Å²) < 4.78 is 33.9. The van der Waals surface area contributed by atoms with E-state index in [9.17, 15) is 23.5 Å². The van der Waals surface area contributed by atoms with Crippen LogP contribution in [0.3, 0.4) is 0 Å². The summed E-state index contributed by atoms with van der Waals surface area (Å²) in [4.78, 5) is 31.3. The molecule has 0 saturated carbocycles. The van der Waals surface area contributed by atoms with Crippen LogP contribution in [0.2, 0.25) is 0 Å². The highest BCUT2D eigenvalue weighted by atomic mass is 19.1. The van der Waals surface area contributed by atoms with Gasteiger partial charge in [-0.25, -0.2) is 8.78 Å². The summed E-state index contributed by atoms with van der Waals surface area (Å²) in [6.07, 6.45) is 2.65. The molecule has 1 aromatic carbocycles. The molecule has 0 bridgehead atoms. The molecule has 1 amide bonds. The van der Waals surface area contributed by atoms with Crippen molar-refractivity contribution in [2.24, 2.45) is 15.9 Å². The van der Waals surface area contributed by atoms with E-state index in [4.69, 9.17) is 10.6 Å². The van der Waals surface area contributed by atoms with Crippen molar-refractivity contribution in [1.29, 1.82) is 0 Å². The van der Waals surface area contributed by atoms with Gasteiger partial charge in [-0.05, 0) is 19.4 Å². The van der Waals surface area contributed by atoms with Crippen LogP contribution in [-0.4, -0.2) is 51.3 Å². The van der Waals surface area contributed by atoms with E-state index < -0.39 is 34.9 Å². The SMILES string of the molecule is C[C@@H]1CCO[C@H]2Cn3cc(C(C=NCc4ccc(F)cc4F)=NN)c(=O)c(O)c3C(=O)N12. The van der Waals surface area contributed by atoms with Crippen molar-refractivity contribution in [2.75, 3.05) is 6.61 Å². The lowest BCUT2D eigenvalue weighted by Gasteiger charge is -2.44. The molecule has 2 aliphatic rings. The van der Waals surface area contributed by atoms with Crippen molar-refractivity contribution in [2.45, 2.75) is 38.7 Å². The van der Waals surface area contributed by atoms with Crippen LogP contribution in [0.5, 0.6) is 5.75 Å². The Balaban J connectivity index is 1.66. The number of hydrazone groups is 1. The third-order valence-electron chi connectivity index (χ3n) is 5.58. The molecule has 0 unspecified atom stereocenters. The number of fused-ring (bicyclic) bond motifs is 2. The summed E-state index contributed by atoms with van der Waals surface area (Å²) in [6.45, 7) is 2.44. The zero-order valence-corrected chi connectivity index (χ0v) is 17.2. The standard InChI is InChI=1S/C21H21F2N5O4/c1-11-4-5-32-17-10-27-9-14(19(29)20(30)18(27)21(31)28(11)17)16(26-24)8-25-7-12-2-3-13(22)6-15(12)23/h2-3,6,8-9,11,17,30H,4-5,7,10,24H2,1H3/t11-,17+/m1/s1. The fourth-order valence-corrected chi connectivity index (χ4v) is 3.89. The Morgan fingerprint density at radius 1 is 1.38 bits per heavy atom. The van der Waals surface area contributed by atoms with Gasteiger partial charge in [0.15, 0.2) is 17.7 Å². The first-order valence-electron chi connectivity index (χ1n) is 9.94. The summed E-state index contributed by atoms with van der Waals surface area (Å²) >= 11 is 0. The Bertz CT molecular complexity index is 1190. The normalized spacial score (nSPS) is 21.0. The summed E-state index contributed by atoms with van der Waals surface area (Å²) in [7, 11) is 0. The van der Waals surface area contributed by atoms with E-state index in [1.807, 2.05) is 6.92 Å². The van der Waals surface area contributed by atoms with Crippen LogP contribution in [0.25, 0.3) is 0 Å². The molecular weight excluding hydrogens is 424 g/mol. The molecular formula is C21H21F2N5O4. The first-order valence-corrected chi connectivity index (χ1v) is 9.94. The first-order chi connectivity index (χ1) is 15.3. The van der Waals surface area contributed by atoms with Gasteiger partial charge in [-0.2, -0.15) is 5.10 Å². The molecule has 2 aliphatic heterocycles. The number of ether oxygens (including phenoxy) is 1. The molecule has 4 rings (SSSR count). The van der Waals surface area contributed by atoms with Gasteiger partial charge in [-0.3, -0.25) is 14.6 Å². The number of hydrogen-bond acceptors (Lipinski definition) is 7. The molecule has 1 aromatic heterocycles. The quantitative estimate of drug-likeness (QED) is 0.418. The third-order valence-corrected chi connectivity index (χ3v) is 5.58. The minimum Gasteiger partial charge on any atom is -0.503 e. The van der Waals surface area contributed by atoms with E-state index in [0.717, 1.165) is 18.3 Å². The zero-order chi connectivity index (χ0) is 23.0. The smallest absolute Gasteiger partial charge is 0.276 e. The maximum Gasteiger partial charge on any atom is 0.276 e. The van der Waals surface area contributed by atoms with Crippen molar-refractivity contribution in [3.05, 3.63) is 63.1 Å². The number of halogens is 2. The molecule has 11 heteroatoms. The van der Waals surface area contributed by atoms with Crippen molar-refractivity contribution in [3.8, 4) is 5.75 Å². The van der Waals surface area contributed by atoms with Gasteiger partial charge in [0.25, 0.3) is 5.91 Å². The van der Waals surface area contributed by atoms with E-state index >= 15 is 0 Å². The maximum atomic E-state index is 13.8. The Kier molecular flexibility index (Phi) is 5.74. The van der Waals surface area contributed by atoms with Gasteiger partial charge in [0.1, 0.15) is 17.3 Å². The minimum atomic E-state index is -0.836. The lowest BCUT2D eigenvalue weighted by molar-refractivity contribution is -0.112. The molecule has 0 aliphatic carbocycles. The number of aromatic nitrogens is 1. The monoisotopic (exact) mass is 445 g/mol. The molecule has 0 spiro atoms. The Labute approximate surface area is 181 Å². The number of aliphatic imine (C=N–C) groups is 1. The van der Waals surface area contributed by atoms with Crippen molar-refractivity contribution >= 4 is 17.8 Å². The van der Waals surface area contributed by atoms with Gasteiger partial charge in [0.2, 0.25) is 5.43 Å². The second-order valence-electron chi connectivity index (χ2n) is 7.62. The number of carbonyl (C=O) groups is 1. The van der Waals surface area contributed by atoms with Crippen LogP contribution >= 0.6 is 0 Å². The summed E-state index contributed by atoms with van der Waals surface area (Å²) in [5.41, 5.74) is -0.984. The second-order valence-corrected chi connectivity index (χ2v) is 7.62. The van der Waals surface area contributed by atoms with Gasteiger partial charge in [-0.15, -0.1) is 0 Å². The van der Waals surface area contributed by atoms with Crippen LogP contribution in [0.4, 0.5) is 8.78 Å². The number of rotatable bonds is 4. The molecule has 2 aromatic rings. The number of nitrogens with two attached hydrogens (primary N) is 1. The highest BCUT2D eigenvalue weighted by Gasteiger charge is 2.40. The highest BCUT2D eigenvalue weighted by Crippen LogP contribution is 2.29. The van der Waals surface area contributed by atoms with E-state index in [0.29, 0.717) is 13.0 Å². The predicted octanol–water partition coefficient (Wildman–Crippen LogP) is 1.36. The predicted molar refractivity (Wildman–Crippen MR) is 112 cm³/mol. The fourth-order valence-electron chi connectivity index (χ4n) is 3.89. The van der Waals surface area contributed by atoms with Gasteiger partial charge < -0.3 is 25.2 Å². The summed E-state index contributed by atoms with van der Waals surface area (Å²) in [6, 6.07) is 3.01. The molecule has 0 radical (unpaired) electrons. The molecule has 2 atom stereocenters. The van der Waals surface area contributed by atoms with E-state index in [1.54, 1.807) is 0 Å². The van der Waals surface area contributed by atoms with Gasteiger partial charge in [-0.1, -0.05) is 6.07 Å². The van der Waals surface area contributed by atoms with Crippen LogP contribution in [0.1, 0.15) is 35.0 Å². The highest BCUT2D eigenvalue weighted by molar-refractivity contribution is 6.38. The topological polar surface area (TPSA) is 123 Å². The van der Waals surface area contributed by atoms with Crippen LogP contribution in [-0.2, 0) is 17.8 Å². The number of benzene rings is 1. The van der Waals surface area contributed by atoms with Crippen molar-refractivity contribution in [3.63, 3.8) is 0 Å². The van der Waals surface area contributed by atoms with Crippen LogP contribution in [0, 0.1) is 11.6 Å². The first kappa shape index (κ1) is 21.6. The average molecular weight is 445 g/mol. The second kappa shape index (κ2) is 8.50. The summed E-state index contributed by atoms with van der Waals surface area (Å²) in [5, 5.41) is 14.1. The number of carbonyl (C=O) groups excluding carboxylic acids is 1. The number of nitrogens with zero attached hydrogens (tertiary/aromatic N) is 4. The lowest BCUT2D eigenvalue weighted by atomic mass is 10.1. The molecule has 168 valence electrons. The summed E-state index contributed by atoms with van der Waals surface area (Å²) in [5.74, 6) is 2.74. The number of amides is 1. The van der Waals surface area contributed by atoms with Gasteiger partial charge in [0.05, 0.1) is 25.3 Å². The Morgan fingerprint density at radius 3 is 2.88 bits per heavy atom.